The molecule has 6 heteroatoms. The molecule has 2 aromatic rings. The summed E-state index contributed by atoms with van der Waals surface area (Å²) >= 11 is 0. The molecule has 0 bridgehead atoms. The molecule has 1 aliphatic heterocycles. The number of carbonyl (C=O) groups excluding carboxylic acids is 1. The van der Waals surface area contributed by atoms with Gasteiger partial charge in [0.25, 0.3) is 11.8 Å². The number of alkyl halides is 2. The van der Waals surface area contributed by atoms with Crippen LogP contribution in [0.15, 0.2) is 54.6 Å². The predicted molar refractivity (Wildman–Crippen MR) is 110 cm³/mol. The van der Waals surface area contributed by atoms with Crippen molar-refractivity contribution in [2.45, 2.75) is 18.8 Å². The van der Waals surface area contributed by atoms with E-state index in [1.807, 2.05) is 19.0 Å². The Morgan fingerprint density at radius 1 is 1.18 bits per heavy atom. The molecule has 3 rings (SSSR count). The highest BCUT2D eigenvalue weighted by Gasteiger charge is 2.40. The number of carbonyl (C=O) groups is 1. The molecule has 0 spiro atoms. The zero-order valence-corrected chi connectivity index (χ0v) is 16.2. The van der Waals surface area contributed by atoms with Crippen LogP contribution in [0.2, 0.25) is 0 Å². The third-order valence-corrected chi connectivity index (χ3v) is 4.86. The van der Waals surface area contributed by atoms with Crippen molar-refractivity contribution in [3.63, 3.8) is 0 Å². The number of fused-ring (bicyclic) bond motifs is 1. The third kappa shape index (κ3) is 4.22. The first kappa shape index (κ1) is 20.0. The van der Waals surface area contributed by atoms with Gasteiger partial charge >= 0.3 is 0 Å². The molecule has 2 aromatic carbocycles. The Labute approximate surface area is 164 Å². The summed E-state index contributed by atoms with van der Waals surface area (Å²) < 4.78 is 30.0. The van der Waals surface area contributed by atoms with Gasteiger partial charge in [-0.2, -0.15) is 0 Å². The number of benzene rings is 2. The van der Waals surface area contributed by atoms with Crippen molar-refractivity contribution in [1.82, 2.24) is 4.90 Å². The highest BCUT2D eigenvalue weighted by molar-refractivity contribution is 6.08. The lowest BCUT2D eigenvalue weighted by Gasteiger charge is -2.22. The van der Waals surface area contributed by atoms with Crippen LogP contribution < -0.4 is 10.6 Å². The first-order chi connectivity index (χ1) is 13.3. The number of amides is 1. The minimum absolute atomic E-state index is 0.00226. The van der Waals surface area contributed by atoms with Crippen molar-refractivity contribution >= 4 is 22.9 Å². The first-order valence-corrected chi connectivity index (χ1v) is 9.29. The minimum atomic E-state index is -3.00. The zero-order valence-electron chi connectivity index (χ0n) is 16.2. The molecule has 0 saturated carbocycles. The molecule has 28 heavy (non-hydrogen) atoms. The molecule has 0 aromatic heterocycles. The van der Waals surface area contributed by atoms with Crippen molar-refractivity contribution in [3.8, 4) is 0 Å². The zero-order chi connectivity index (χ0) is 20.3. The highest BCUT2D eigenvalue weighted by Crippen LogP contribution is 2.43. The fraction of sp³-hybridized carbons (Fsp3) is 0.318. The maximum absolute atomic E-state index is 15.0. The van der Waals surface area contributed by atoms with Crippen LogP contribution in [0, 0.1) is 0 Å². The van der Waals surface area contributed by atoms with Crippen molar-refractivity contribution in [2.24, 2.45) is 0 Å². The van der Waals surface area contributed by atoms with Gasteiger partial charge in [0.1, 0.15) is 0 Å². The molecular weight excluding hydrogens is 360 g/mol. The summed E-state index contributed by atoms with van der Waals surface area (Å²) in [5.74, 6) is -3.31. The largest absolute Gasteiger partial charge is 0.399 e. The first-order valence-electron chi connectivity index (χ1n) is 9.29. The normalized spacial score (nSPS) is 17.5. The average molecular weight is 385 g/mol. The lowest BCUT2D eigenvalue weighted by Crippen LogP contribution is -2.33. The number of hydrogen-bond donors (Lipinski definition) is 1. The van der Waals surface area contributed by atoms with E-state index in [0.29, 0.717) is 35.5 Å². The van der Waals surface area contributed by atoms with Gasteiger partial charge in [0.2, 0.25) is 0 Å². The summed E-state index contributed by atoms with van der Waals surface area (Å²) in [5.41, 5.74) is 7.58. The Morgan fingerprint density at radius 3 is 2.54 bits per heavy atom. The molecule has 0 fully saturated rings. The molecule has 0 unspecified atom stereocenters. The fourth-order valence-electron chi connectivity index (χ4n) is 3.36. The standard InChI is InChI=1S/C22H25F2N3O/c1-26(2)14-5-7-19-18-6-3-4-8-20(18)27(15-13-22(19,23)24)21(28)16-9-11-17(25)12-10-16/h3-4,6-12H,5,13-15,25H2,1-2H3/b19-7+. The number of rotatable bonds is 4. The molecule has 4 nitrogen and oxygen atoms in total. The molecule has 1 amide bonds. The summed E-state index contributed by atoms with van der Waals surface area (Å²) in [5, 5.41) is 0. The fourth-order valence-corrected chi connectivity index (χ4v) is 3.36. The van der Waals surface area contributed by atoms with Gasteiger partial charge in [-0.25, -0.2) is 8.78 Å². The lowest BCUT2D eigenvalue weighted by atomic mass is 9.96. The van der Waals surface area contributed by atoms with Crippen molar-refractivity contribution < 1.29 is 13.6 Å². The van der Waals surface area contributed by atoms with Crippen LogP contribution >= 0.6 is 0 Å². The van der Waals surface area contributed by atoms with E-state index in [2.05, 4.69) is 0 Å². The second-order valence-corrected chi connectivity index (χ2v) is 7.26. The van der Waals surface area contributed by atoms with Crippen LogP contribution in [-0.2, 0) is 0 Å². The van der Waals surface area contributed by atoms with E-state index < -0.39 is 12.3 Å². The number of halogens is 2. The van der Waals surface area contributed by atoms with Crippen LogP contribution in [0.4, 0.5) is 20.2 Å². The van der Waals surface area contributed by atoms with E-state index in [1.165, 1.54) is 4.90 Å². The van der Waals surface area contributed by atoms with Gasteiger partial charge in [0, 0.05) is 41.9 Å². The van der Waals surface area contributed by atoms with Gasteiger partial charge in [0.05, 0.1) is 5.69 Å². The topological polar surface area (TPSA) is 49.6 Å². The SMILES string of the molecule is CN(C)CC/C=C1\c2ccccc2N(C(=O)c2ccc(N)cc2)CCC1(F)F. The van der Waals surface area contributed by atoms with Gasteiger partial charge in [-0.05, 0) is 50.8 Å². The second kappa shape index (κ2) is 8.10. The van der Waals surface area contributed by atoms with Crippen LogP contribution in [0.25, 0.3) is 5.57 Å². The molecule has 0 atom stereocenters. The molecule has 0 aliphatic carbocycles. The summed E-state index contributed by atoms with van der Waals surface area (Å²) in [4.78, 5) is 16.5. The molecule has 2 N–H and O–H groups in total. The minimum Gasteiger partial charge on any atom is -0.399 e. The van der Waals surface area contributed by atoms with Crippen molar-refractivity contribution in [2.75, 3.05) is 37.8 Å². The Hall–Kier alpha value is -2.73. The number of anilines is 2. The molecule has 148 valence electrons. The Kier molecular flexibility index (Phi) is 5.79. The van der Waals surface area contributed by atoms with E-state index >= 15 is 0 Å². The van der Waals surface area contributed by atoms with Crippen LogP contribution in [0.5, 0.6) is 0 Å². The third-order valence-electron chi connectivity index (χ3n) is 4.86. The summed E-state index contributed by atoms with van der Waals surface area (Å²) in [6.45, 7) is 0.619. The van der Waals surface area contributed by atoms with Gasteiger partial charge in [-0.3, -0.25) is 4.79 Å². The number of allylic oxidation sites excluding steroid dienone is 1. The number of nitrogens with two attached hydrogens (primary N) is 1. The highest BCUT2D eigenvalue weighted by atomic mass is 19.3. The van der Waals surface area contributed by atoms with Gasteiger partial charge < -0.3 is 15.5 Å². The van der Waals surface area contributed by atoms with E-state index in [4.69, 9.17) is 5.73 Å². The number of para-hydroxylation sites is 1. The Balaban J connectivity index is 2.02. The maximum Gasteiger partial charge on any atom is 0.275 e. The van der Waals surface area contributed by atoms with Crippen LogP contribution in [0.1, 0.15) is 28.8 Å². The number of hydrogen-bond acceptors (Lipinski definition) is 3. The Morgan fingerprint density at radius 2 is 1.86 bits per heavy atom. The predicted octanol–water partition coefficient (Wildman–Crippen LogP) is 4.29. The quantitative estimate of drug-likeness (QED) is 0.799. The smallest absolute Gasteiger partial charge is 0.275 e. The van der Waals surface area contributed by atoms with Crippen molar-refractivity contribution in [3.05, 3.63) is 65.7 Å². The molecule has 1 aliphatic rings. The lowest BCUT2D eigenvalue weighted by molar-refractivity contribution is 0.0599. The number of nitrogen functional groups attached to an aromatic ring is 1. The molecule has 1 heterocycles. The Bertz CT molecular complexity index is 876. The van der Waals surface area contributed by atoms with Gasteiger partial charge in [-0.15, -0.1) is 0 Å². The monoisotopic (exact) mass is 385 g/mol. The van der Waals surface area contributed by atoms with E-state index in [1.54, 1.807) is 54.6 Å². The molecular formula is C22H25F2N3O. The molecule has 0 saturated heterocycles. The summed E-state index contributed by atoms with van der Waals surface area (Å²) in [6, 6.07) is 13.4. The summed E-state index contributed by atoms with van der Waals surface area (Å²) in [7, 11) is 3.81. The second-order valence-electron chi connectivity index (χ2n) is 7.26. The van der Waals surface area contributed by atoms with E-state index in [-0.39, 0.29) is 18.0 Å². The van der Waals surface area contributed by atoms with Gasteiger partial charge in [-0.1, -0.05) is 24.3 Å². The van der Waals surface area contributed by atoms with Crippen LogP contribution in [0.3, 0.4) is 0 Å². The van der Waals surface area contributed by atoms with E-state index in [0.717, 1.165) is 0 Å². The van der Waals surface area contributed by atoms with Crippen molar-refractivity contribution in [1.29, 1.82) is 0 Å². The van der Waals surface area contributed by atoms with Crippen LogP contribution in [-0.4, -0.2) is 43.9 Å². The summed E-state index contributed by atoms with van der Waals surface area (Å²) in [6.07, 6.45) is 1.70. The van der Waals surface area contributed by atoms with Gasteiger partial charge in [0.15, 0.2) is 0 Å². The average Bonchev–Trinajstić information content (AvgIpc) is 2.76. The van der Waals surface area contributed by atoms with E-state index in [9.17, 15) is 13.6 Å². The maximum atomic E-state index is 15.0. The number of nitrogens with zero attached hydrogens (tertiary/aromatic N) is 2. The molecule has 0 radical (unpaired) electrons.